The van der Waals surface area contributed by atoms with Crippen LogP contribution in [0.25, 0.3) is 0 Å². The minimum absolute atomic E-state index is 0.453. The van der Waals surface area contributed by atoms with Gasteiger partial charge in [-0.15, -0.1) is 0 Å². The van der Waals surface area contributed by atoms with E-state index in [1.54, 1.807) is 20.4 Å². The first-order valence-corrected chi connectivity index (χ1v) is 8.98. The van der Waals surface area contributed by atoms with Crippen molar-refractivity contribution < 1.29 is 14.2 Å². The second-order valence-electron chi connectivity index (χ2n) is 6.25. The lowest BCUT2D eigenvalue weighted by atomic mass is 10.1. The van der Waals surface area contributed by atoms with Crippen LogP contribution in [0.2, 0.25) is 0 Å². The third-order valence-corrected chi connectivity index (χ3v) is 4.18. The van der Waals surface area contributed by atoms with Crippen LogP contribution < -0.4 is 19.6 Å². The van der Waals surface area contributed by atoms with Crippen molar-refractivity contribution in [2.75, 3.05) is 19.6 Å². The molecule has 1 N–H and O–H groups in total. The Morgan fingerprint density at radius 1 is 0.929 bits per heavy atom. The van der Waals surface area contributed by atoms with Gasteiger partial charge >= 0.3 is 0 Å². The number of hydrogen-bond donors (Lipinski definition) is 1. The number of methoxy groups -OCH3 is 2. The molecule has 0 bridgehead atoms. The number of hydrazone groups is 1. The third-order valence-electron chi connectivity index (χ3n) is 4.18. The predicted molar refractivity (Wildman–Crippen MR) is 113 cm³/mol. The molecule has 3 rings (SSSR count). The Bertz CT molecular complexity index is 937. The molecule has 5 heteroatoms. The Kier molecular flexibility index (Phi) is 6.52. The van der Waals surface area contributed by atoms with Gasteiger partial charge in [-0.05, 0) is 48.9 Å². The maximum absolute atomic E-state index is 6.07. The van der Waals surface area contributed by atoms with Gasteiger partial charge in [-0.3, -0.25) is 5.43 Å². The average Bonchev–Trinajstić information content (AvgIpc) is 2.73. The van der Waals surface area contributed by atoms with E-state index in [4.69, 9.17) is 14.2 Å². The molecule has 0 atom stereocenters. The zero-order valence-corrected chi connectivity index (χ0v) is 16.3. The van der Waals surface area contributed by atoms with Crippen molar-refractivity contribution >= 4 is 11.9 Å². The summed E-state index contributed by atoms with van der Waals surface area (Å²) in [5, 5.41) is 4.32. The van der Waals surface area contributed by atoms with Gasteiger partial charge in [0, 0.05) is 5.56 Å². The van der Waals surface area contributed by atoms with E-state index < -0.39 is 0 Å². The molecule has 0 aliphatic heterocycles. The molecule has 0 saturated carbocycles. The summed E-state index contributed by atoms with van der Waals surface area (Å²) < 4.78 is 16.7. The number of rotatable bonds is 8. The van der Waals surface area contributed by atoms with E-state index in [-0.39, 0.29) is 0 Å². The van der Waals surface area contributed by atoms with Crippen molar-refractivity contribution in [2.45, 2.75) is 13.5 Å². The first-order chi connectivity index (χ1) is 13.7. The number of nitrogens with zero attached hydrogens (tertiary/aromatic N) is 1. The first-order valence-electron chi connectivity index (χ1n) is 8.98. The van der Waals surface area contributed by atoms with E-state index in [2.05, 4.69) is 29.6 Å². The van der Waals surface area contributed by atoms with Crippen LogP contribution in [0, 0.1) is 6.92 Å². The van der Waals surface area contributed by atoms with Gasteiger partial charge in [0.2, 0.25) is 0 Å². The lowest BCUT2D eigenvalue weighted by Crippen LogP contribution is -2.01. The van der Waals surface area contributed by atoms with Crippen molar-refractivity contribution in [1.82, 2.24) is 0 Å². The topological polar surface area (TPSA) is 52.1 Å². The minimum atomic E-state index is 0.453. The number of anilines is 1. The van der Waals surface area contributed by atoms with Crippen LogP contribution in [-0.2, 0) is 6.61 Å². The van der Waals surface area contributed by atoms with Crippen LogP contribution in [0.3, 0.4) is 0 Å². The smallest absolute Gasteiger partial charge is 0.170 e. The van der Waals surface area contributed by atoms with Crippen LogP contribution in [0.5, 0.6) is 17.2 Å². The highest BCUT2D eigenvalue weighted by Gasteiger charge is 2.10. The normalized spacial score (nSPS) is 10.7. The second kappa shape index (κ2) is 9.46. The molecular formula is C23H24N2O3. The van der Waals surface area contributed by atoms with Crippen molar-refractivity contribution in [2.24, 2.45) is 5.10 Å². The Hall–Kier alpha value is -3.47. The standard InChI is InChI=1S/C23H24N2O3/c1-17-6-4-7-18(14-17)16-28-23-19(8-5-9-22(23)27-3)15-24-25-20-10-12-21(26-2)13-11-20/h4-15,25H,16H2,1-3H3/b24-15+. The molecule has 0 fully saturated rings. The molecule has 0 spiro atoms. The van der Waals surface area contributed by atoms with Gasteiger partial charge in [0.25, 0.3) is 0 Å². The summed E-state index contributed by atoms with van der Waals surface area (Å²) in [4.78, 5) is 0. The first kappa shape index (κ1) is 19.3. The highest BCUT2D eigenvalue weighted by atomic mass is 16.5. The van der Waals surface area contributed by atoms with Crippen LogP contribution >= 0.6 is 0 Å². The Balaban J connectivity index is 1.74. The van der Waals surface area contributed by atoms with E-state index in [0.717, 1.165) is 22.6 Å². The molecule has 0 heterocycles. The fraction of sp³-hybridized carbons (Fsp3) is 0.174. The van der Waals surface area contributed by atoms with E-state index in [9.17, 15) is 0 Å². The highest BCUT2D eigenvalue weighted by molar-refractivity contribution is 5.85. The van der Waals surface area contributed by atoms with E-state index in [1.807, 2.05) is 54.6 Å². The molecule has 0 unspecified atom stereocenters. The molecule has 0 aromatic heterocycles. The zero-order chi connectivity index (χ0) is 19.8. The molecule has 28 heavy (non-hydrogen) atoms. The van der Waals surface area contributed by atoms with E-state index in [0.29, 0.717) is 18.1 Å². The quantitative estimate of drug-likeness (QED) is 0.442. The minimum Gasteiger partial charge on any atom is -0.497 e. The van der Waals surface area contributed by atoms with Crippen molar-refractivity contribution in [1.29, 1.82) is 0 Å². The summed E-state index contributed by atoms with van der Waals surface area (Å²) in [6.07, 6.45) is 1.72. The highest BCUT2D eigenvalue weighted by Crippen LogP contribution is 2.31. The molecule has 144 valence electrons. The third kappa shape index (κ3) is 5.04. The molecule has 3 aromatic carbocycles. The zero-order valence-electron chi connectivity index (χ0n) is 16.3. The number of aryl methyl sites for hydroxylation is 1. The molecule has 0 amide bonds. The summed E-state index contributed by atoms with van der Waals surface area (Å²) in [6.45, 7) is 2.52. The molecule has 3 aromatic rings. The monoisotopic (exact) mass is 376 g/mol. The molecule has 0 radical (unpaired) electrons. The van der Waals surface area contributed by atoms with Gasteiger partial charge < -0.3 is 14.2 Å². The van der Waals surface area contributed by atoms with Gasteiger partial charge in [0.1, 0.15) is 12.4 Å². The Morgan fingerprint density at radius 2 is 1.71 bits per heavy atom. The summed E-state index contributed by atoms with van der Waals surface area (Å²) >= 11 is 0. The van der Waals surface area contributed by atoms with Crippen molar-refractivity contribution in [3.05, 3.63) is 83.4 Å². The summed E-state index contributed by atoms with van der Waals surface area (Å²) in [5.41, 5.74) is 7.00. The van der Waals surface area contributed by atoms with E-state index >= 15 is 0 Å². The van der Waals surface area contributed by atoms with Crippen LogP contribution in [0.1, 0.15) is 16.7 Å². The summed E-state index contributed by atoms with van der Waals surface area (Å²) in [5.74, 6) is 2.13. The Morgan fingerprint density at radius 3 is 2.43 bits per heavy atom. The van der Waals surface area contributed by atoms with Crippen molar-refractivity contribution in [3.63, 3.8) is 0 Å². The number of hydrogen-bond acceptors (Lipinski definition) is 5. The average molecular weight is 376 g/mol. The molecule has 0 saturated heterocycles. The molecular weight excluding hydrogens is 352 g/mol. The lowest BCUT2D eigenvalue weighted by Gasteiger charge is -2.13. The Labute approximate surface area is 165 Å². The second-order valence-corrected chi connectivity index (χ2v) is 6.25. The summed E-state index contributed by atoms with van der Waals surface area (Å²) in [7, 11) is 3.27. The van der Waals surface area contributed by atoms with E-state index in [1.165, 1.54) is 5.56 Å². The number of ether oxygens (including phenoxy) is 3. The van der Waals surface area contributed by atoms with Gasteiger partial charge in [0.15, 0.2) is 11.5 Å². The van der Waals surface area contributed by atoms with Gasteiger partial charge in [-0.2, -0.15) is 5.10 Å². The number of nitrogens with one attached hydrogen (secondary N) is 1. The van der Waals surface area contributed by atoms with Crippen molar-refractivity contribution in [3.8, 4) is 17.2 Å². The lowest BCUT2D eigenvalue weighted by molar-refractivity contribution is 0.284. The maximum atomic E-state index is 6.07. The van der Waals surface area contributed by atoms with Gasteiger partial charge in [-0.25, -0.2) is 0 Å². The van der Waals surface area contributed by atoms with Gasteiger partial charge in [0.05, 0.1) is 26.1 Å². The maximum Gasteiger partial charge on any atom is 0.170 e. The SMILES string of the molecule is COc1ccc(N/N=C/c2cccc(OC)c2OCc2cccc(C)c2)cc1. The largest absolute Gasteiger partial charge is 0.497 e. The molecule has 0 aliphatic rings. The van der Waals surface area contributed by atoms with Crippen LogP contribution in [0.15, 0.2) is 71.8 Å². The predicted octanol–water partition coefficient (Wildman–Crippen LogP) is 5.04. The van der Waals surface area contributed by atoms with Crippen LogP contribution in [-0.4, -0.2) is 20.4 Å². The summed E-state index contributed by atoms with van der Waals surface area (Å²) in [6, 6.07) is 21.5. The number of para-hydroxylation sites is 1. The fourth-order valence-corrected chi connectivity index (χ4v) is 2.75. The van der Waals surface area contributed by atoms with Crippen LogP contribution in [0.4, 0.5) is 5.69 Å². The van der Waals surface area contributed by atoms with Gasteiger partial charge in [-0.1, -0.05) is 35.9 Å². The molecule has 0 aliphatic carbocycles. The molecule has 5 nitrogen and oxygen atoms in total. The fourth-order valence-electron chi connectivity index (χ4n) is 2.75. The number of benzene rings is 3.